The Balaban J connectivity index is 2.29. The first kappa shape index (κ1) is 15.3. The van der Waals surface area contributed by atoms with Crippen molar-refractivity contribution >= 4 is 15.9 Å². The number of aliphatic hydroxyl groups excluding tert-OH is 1. The van der Waals surface area contributed by atoms with E-state index in [9.17, 15) is 5.11 Å². The van der Waals surface area contributed by atoms with Crippen molar-refractivity contribution in [3.05, 3.63) is 69.2 Å². The van der Waals surface area contributed by atoms with Gasteiger partial charge in [0, 0.05) is 4.47 Å². The molecule has 2 unspecified atom stereocenters. The van der Waals surface area contributed by atoms with Crippen LogP contribution in [-0.2, 0) is 0 Å². The molecule has 0 aliphatic heterocycles. The van der Waals surface area contributed by atoms with Crippen molar-refractivity contribution in [2.24, 2.45) is 0 Å². The van der Waals surface area contributed by atoms with Crippen molar-refractivity contribution in [1.29, 1.82) is 0 Å². The van der Waals surface area contributed by atoms with E-state index in [0.717, 1.165) is 27.6 Å². The summed E-state index contributed by atoms with van der Waals surface area (Å²) in [5.41, 5.74) is 4.31. The zero-order valence-electron chi connectivity index (χ0n) is 12.2. The SMILES string of the molecule is CCC(C)c1ccc(C(O)c2cccc(Br)c2C)cc1. The van der Waals surface area contributed by atoms with Gasteiger partial charge in [-0.25, -0.2) is 0 Å². The molecule has 0 heterocycles. The quantitative estimate of drug-likeness (QED) is 0.799. The third kappa shape index (κ3) is 3.13. The molecule has 0 radical (unpaired) electrons. The molecule has 0 spiro atoms. The molecule has 0 saturated carbocycles. The van der Waals surface area contributed by atoms with E-state index in [2.05, 4.69) is 41.9 Å². The fourth-order valence-corrected chi connectivity index (χ4v) is 2.72. The molecule has 0 aliphatic rings. The second kappa shape index (κ2) is 6.55. The van der Waals surface area contributed by atoms with Crippen LogP contribution in [0.5, 0.6) is 0 Å². The number of benzene rings is 2. The van der Waals surface area contributed by atoms with Crippen molar-refractivity contribution in [1.82, 2.24) is 0 Å². The van der Waals surface area contributed by atoms with Crippen LogP contribution in [0.3, 0.4) is 0 Å². The molecule has 0 bridgehead atoms. The molecular weight excluding hydrogens is 312 g/mol. The largest absolute Gasteiger partial charge is 0.384 e. The van der Waals surface area contributed by atoms with E-state index in [0.29, 0.717) is 5.92 Å². The summed E-state index contributed by atoms with van der Waals surface area (Å²) < 4.78 is 1.03. The Hall–Kier alpha value is -1.12. The van der Waals surface area contributed by atoms with Gasteiger partial charge < -0.3 is 5.11 Å². The van der Waals surface area contributed by atoms with E-state index in [1.54, 1.807) is 0 Å². The molecule has 2 aromatic carbocycles. The second-order valence-electron chi connectivity index (χ2n) is 5.33. The number of halogens is 1. The molecule has 1 N–H and O–H groups in total. The third-order valence-electron chi connectivity index (χ3n) is 4.04. The molecule has 2 heteroatoms. The van der Waals surface area contributed by atoms with Crippen LogP contribution in [0, 0.1) is 6.92 Å². The number of hydrogen-bond donors (Lipinski definition) is 1. The van der Waals surface area contributed by atoms with Crippen molar-refractivity contribution in [3.63, 3.8) is 0 Å². The highest BCUT2D eigenvalue weighted by Crippen LogP contribution is 2.30. The fourth-order valence-electron chi connectivity index (χ4n) is 2.34. The van der Waals surface area contributed by atoms with Gasteiger partial charge in [0.15, 0.2) is 0 Å². The lowest BCUT2D eigenvalue weighted by Gasteiger charge is -2.16. The Morgan fingerprint density at radius 2 is 1.65 bits per heavy atom. The van der Waals surface area contributed by atoms with Crippen LogP contribution in [0.1, 0.15) is 54.5 Å². The van der Waals surface area contributed by atoms with Crippen molar-refractivity contribution in [3.8, 4) is 0 Å². The van der Waals surface area contributed by atoms with E-state index in [1.165, 1.54) is 5.56 Å². The molecule has 2 rings (SSSR count). The van der Waals surface area contributed by atoms with E-state index >= 15 is 0 Å². The Kier molecular flexibility index (Phi) is 5.00. The van der Waals surface area contributed by atoms with Crippen LogP contribution >= 0.6 is 15.9 Å². The van der Waals surface area contributed by atoms with Gasteiger partial charge in [0.2, 0.25) is 0 Å². The molecule has 0 saturated heterocycles. The standard InChI is InChI=1S/C18H21BrO/c1-4-12(2)14-8-10-15(11-9-14)18(20)16-6-5-7-17(19)13(16)3/h5-12,18,20H,4H2,1-3H3. The van der Waals surface area contributed by atoms with Gasteiger partial charge in [-0.2, -0.15) is 0 Å². The van der Waals surface area contributed by atoms with Crippen LogP contribution < -0.4 is 0 Å². The van der Waals surface area contributed by atoms with E-state index in [-0.39, 0.29) is 0 Å². The lowest BCUT2D eigenvalue weighted by atomic mass is 9.93. The van der Waals surface area contributed by atoms with Gasteiger partial charge in [-0.05, 0) is 47.6 Å². The van der Waals surface area contributed by atoms with Gasteiger partial charge in [-0.3, -0.25) is 0 Å². The number of hydrogen-bond acceptors (Lipinski definition) is 1. The molecule has 106 valence electrons. The first-order valence-electron chi connectivity index (χ1n) is 7.07. The number of rotatable bonds is 4. The minimum absolute atomic E-state index is 0.564. The molecule has 1 nitrogen and oxygen atoms in total. The van der Waals surface area contributed by atoms with Gasteiger partial charge in [-0.15, -0.1) is 0 Å². The Labute approximate surface area is 129 Å². The maximum absolute atomic E-state index is 10.6. The second-order valence-corrected chi connectivity index (χ2v) is 6.19. The average molecular weight is 333 g/mol. The highest BCUT2D eigenvalue weighted by atomic mass is 79.9. The minimum Gasteiger partial charge on any atom is -0.384 e. The molecular formula is C18H21BrO. The zero-order chi connectivity index (χ0) is 14.7. The molecule has 0 amide bonds. The van der Waals surface area contributed by atoms with Crippen LogP contribution in [0.4, 0.5) is 0 Å². The van der Waals surface area contributed by atoms with Crippen LogP contribution in [0.15, 0.2) is 46.9 Å². The first-order chi connectivity index (χ1) is 9.54. The summed E-state index contributed by atoms with van der Waals surface area (Å²) in [6.45, 7) is 6.44. The zero-order valence-corrected chi connectivity index (χ0v) is 13.8. The molecule has 2 atom stereocenters. The summed E-state index contributed by atoms with van der Waals surface area (Å²) in [7, 11) is 0. The summed E-state index contributed by atoms with van der Waals surface area (Å²) in [5, 5.41) is 10.6. The number of aliphatic hydroxyl groups is 1. The summed E-state index contributed by atoms with van der Waals surface area (Å²) in [4.78, 5) is 0. The maximum Gasteiger partial charge on any atom is 0.104 e. The van der Waals surface area contributed by atoms with Gasteiger partial charge in [-0.1, -0.05) is 66.2 Å². The van der Waals surface area contributed by atoms with Gasteiger partial charge >= 0.3 is 0 Å². The normalized spacial score (nSPS) is 14.1. The molecule has 0 fully saturated rings. The predicted octanol–water partition coefficient (Wildman–Crippen LogP) is 5.35. The molecule has 0 aromatic heterocycles. The topological polar surface area (TPSA) is 20.2 Å². The van der Waals surface area contributed by atoms with Crippen LogP contribution in [0.25, 0.3) is 0 Å². The third-order valence-corrected chi connectivity index (χ3v) is 4.90. The molecule has 0 aliphatic carbocycles. The summed E-state index contributed by atoms with van der Waals surface area (Å²) in [5.74, 6) is 0.564. The summed E-state index contributed by atoms with van der Waals surface area (Å²) in [6, 6.07) is 14.3. The van der Waals surface area contributed by atoms with Gasteiger partial charge in [0.1, 0.15) is 6.10 Å². The summed E-state index contributed by atoms with van der Waals surface area (Å²) >= 11 is 3.52. The highest BCUT2D eigenvalue weighted by Gasteiger charge is 2.14. The minimum atomic E-state index is -0.571. The average Bonchev–Trinajstić information content (AvgIpc) is 2.48. The van der Waals surface area contributed by atoms with Gasteiger partial charge in [0.05, 0.1) is 0 Å². The Morgan fingerprint density at radius 3 is 2.25 bits per heavy atom. The van der Waals surface area contributed by atoms with E-state index < -0.39 is 6.10 Å². The fraction of sp³-hybridized carbons (Fsp3) is 0.333. The first-order valence-corrected chi connectivity index (χ1v) is 7.86. The molecule has 2 aromatic rings. The lowest BCUT2D eigenvalue weighted by molar-refractivity contribution is 0.219. The van der Waals surface area contributed by atoms with E-state index in [4.69, 9.17) is 0 Å². The van der Waals surface area contributed by atoms with Crippen molar-refractivity contribution in [2.45, 2.75) is 39.2 Å². The Morgan fingerprint density at radius 1 is 1.05 bits per heavy atom. The smallest absolute Gasteiger partial charge is 0.104 e. The van der Waals surface area contributed by atoms with E-state index in [1.807, 2.05) is 37.3 Å². The predicted molar refractivity (Wildman–Crippen MR) is 88.1 cm³/mol. The van der Waals surface area contributed by atoms with Crippen molar-refractivity contribution in [2.75, 3.05) is 0 Å². The van der Waals surface area contributed by atoms with Crippen molar-refractivity contribution < 1.29 is 5.11 Å². The summed E-state index contributed by atoms with van der Waals surface area (Å²) in [6.07, 6.45) is 0.561. The van der Waals surface area contributed by atoms with Crippen LogP contribution in [0.2, 0.25) is 0 Å². The Bertz CT molecular complexity index is 574. The van der Waals surface area contributed by atoms with Gasteiger partial charge in [0.25, 0.3) is 0 Å². The monoisotopic (exact) mass is 332 g/mol. The maximum atomic E-state index is 10.6. The lowest BCUT2D eigenvalue weighted by Crippen LogP contribution is -2.03. The van der Waals surface area contributed by atoms with Crippen LogP contribution in [-0.4, -0.2) is 5.11 Å². The highest BCUT2D eigenvalue weighted by molar-refractivity contribution is 9.10. The molecule has 20 heavy (non-hydrogen) atoms.